The van der Waals surface area contributed by atoms with E-state index in [2.05, 4.69) is 15.6 Å². The Morgan fingerprint density at radius 1 is 1.07 bits per heavy atom. The van der Waals surface area contributed by atoms with Crippen molar-refractivity contribution in [1.82, 2.24) is 14.9 Å². The molecule has 0 aliphatic carbocycles. The number of amides is 2. The number of rotatable bonds is 5. The molecule has 2 N–H and O–H groups in total. The van der Waals surface area contributed by atoms with Gasteiger partial charge in [0, 0.05) is 36.3 Å². The Hall–Kier alpha value is -3.41. The number of anilines is 1. The molecule has 138 valence electrons. The Morgan fingerprint density at radius 3 is 2.48 bits per heavy atom. The van der Waals surface area contributed by atoms with Crippen LogP contribution in [-0.4, -0.2) is 27.9 Å². The zero-order valence-electron chi connectivity index (χ0n) is 15.6. The number of carbonyl (C=O) groups is 2. The van der Waals surface area contributed by atoms with Gasteiger partial charge in [0.15, 0.2) is 0 Å². The van der Waals surface area contributed by atoms with Crippen molar-refractivity contribution in [2.75, 3.05) is 11.9 Å². The number of nitrogens with zero attached hydrogens (tertiary/aromatic N) is 2. The SMILES string of the molecule is Cc1cc(C)cc(C(=O)NCC(=O)Nc2cccc(-c3nccn3C)c2)c1. The van der Waals surface area contributed by atoms with Crippen LogP contribution >= 0.6 is 0 Å². The Labute approximate surface area is 158 Å². The van der Waals surface area contributed by atoms with Gasteiger partial charge in [-0.2, -0.15) is 0 Å². The number of carbonyl (C=O) groups excluding carboxylic acids is 2. The van der Waals surface area contributed by atoms with Gasteiger partial charge in [0.2, 0.25) is 5.91 Å². The largest absolute Gasteiger partial charge is 0.343 e. The number of nitrogens with one attached hydrogen (secondary N) is 2. The fraction of sp³-hybridized carbons (Fsp3) is 0.190. The van der Waals surface area contributed by atoms with E-state index in [-0.39, 0.29) is 18.4 Å². The van der Waals surface area contributed by atoms with Crippen LogP contribution in [0.2, 0.25) is 0 Å². The second-order valence-corrected chi connectivity index (χ2v) is 6.55. The molecule has 0 saturated heterocycles. The maximum absolute atomic E-state index is 12.3. The quantitative estimate of drug-likeness (QED) is 0.732. The average molecular weight is 362 g/mol. The van der Waals surface area contributed by atoms with Gasteiger partial charge in [-0.15, -0.1) is 0 Å². The van der Waals surface area contributed by atoms with Crippen LogP contribution < -0.4 is 10.6 Å². The molecule has 0 aliphatic rings. The molecule has 0 spiro atoms. The van der Waals surface area contributed by atoms with Crippen molar-refractivity contribution >= 4 is 17.5 Å². The molecule has 0 unspecified atom stereocenters. The molecule has 0 saturated carbocycles. The second-order valence-electron chi connectivity index (χ2n) is 6.55. The normalized spacial score (nSPS) is 10.5. The maximum Gasteiger partial charge on any atom is 0.251 e. The third-order valence-electron chi connectivity index (χ3n) is 4.12. The van der Waals surface area contributed by atoms with Gasteiger partial charge >= 0.3 is 0 Å². The summed E-state index contributed by atoms with van der Waals surface area (Å²) >= 11 is 0. The van der Waals surface area contributed by atoms with Crippen molar-refractivity contribution < 1.29 is 9.59 Å². The van der Waals surface area contributed by atoms with Gasteiger partial charge in [0.05, 0.1) is 6.54 Å². The average Bonchev–Trinajstić information content (AvgIpc) is 3.05. The van der Waals surface area contributed by atoms with E-state index in [1.165, 1.54) is 0 Å². The lowest BCUT2D eigenvalue weighted by Gasteiger charge is -2.09. The Bertz CT molecular complexity index is 971. The molecule has 0 fully saturated rings. The van der Waals surface area contributed by atoms with Crippen molar-refractivity contribution in [2.24, 2.45) is 7.05 Å². The molecule has 2 aromatic carbocycles. The summed E-state index contributed by atoms with van der Waals surface area (Å²) < 4.78 is 1.91. The van der Waals surface area contributed by atoms with E-state index in [0.717, 1.165) is 22.5 Å². The van der Waals surface area contributed by atoms with Crippen molar-refractivity contribution in [3.05, 3.63) is 71.5 Å². The zero-order valence-corrected chi connectivity index (χ0v) is 15.6. The fourth-order valence-electron chi connectivity index (χ4n) is 2.95. The first-order valence-electron chi connectivity index (χ1n) is 8.66. The molecule has 3 rings (SSSR count). The van der Waals surface area contributed by atoms with E-state index in [1.807, 2.05) is 55.9 Å². The highest BCUT2D eigenvalue weighted by molar-refractivity contribution is 5.99. The summed E-state index contributed by atoms with van der Waals surface area (Å²) in [4.78, 5) is 28.8. The van der Waals surface area contributed by atoms with Gasteiger partial charge in [0.1, 0.15) is 5.82 Å². The molecule has 0 atom stereocenters. The van der Waals surface area contributed by atoms with Gasteiger partial charge in [0.25, 0.3) is 5.91 Å². The van der Waals surface area contributed by atoms with Crippen LogP contribution in [0.3, 0.4) is 0 Å². The van der Waals surface area contributed by atoms with E-state index in [9.17, 15) is 9.59 Å². The van der Waals surface area contributed by atoms with Crippen molar-refractivity contribution in [3.8, 4) is 11.4 Å². The van der Waals surface area contributed by atoms with E-state index >= 15 is 0 Å². The lowest BCUT2D eigenvalue weighted by atomic mass is 10.1. The van der Waals surface area contributed by atoms with E-state index in [0.29, 0.717) is 11.3 Å². The van der Waals surface area contributed by atoms with Crippen molar-refractivity contribution in [1.29, 1.82) is 0 Å². The summed E-state index contributed by atoms with van der Waals surface area (Å²) in [6, 6.07) is 13.0. The first-order chi connectivity index (χ1) is 12.9. The minimum Gasteiger partial charge on any atom is -0.343 e. The smallest absolute Gasteiger partial charge is 0.251 e. The highest BCUT2D eigenvalue weighted by Gasteiger charge is 2.10. The Morgan fingerprint density at radius 2 is 1.81 bits per heavy atom. The zero-order chi connectivity index (χ0) is 19.4. The van der Waals surface area contributed by atoms with Gasteiger partial charge in [-0.05, 0) is 38.1 Å². The highest BCUT2D eigenvalue weighted by Crippen LogP contribution is 2.20. The second kappa shape index (κ2) is 7.86. The molecule has 0 aliphatic heterocycles. The summed E-state index contributed by atoms with van der Waals surface area (Å²) in [5.74, 6) is 0.262. The summed E-state index contributed by atoms with van der Waals surface area (Å²) in [5.41, 5.74) is 4.13. The molecule has 1 aromatic heterocycles. The molecule has 0 bridgehead atoms. The number of aryl methyl sites for hydroxylation is 3. The third kappa shape index (κ3) is 4.61. The number of benzene rings is 2. The van der Waals surface area contributed by atoms with Crippen LogP contribution in [0, 0.1) is 13.8 Å². The molecule has 1 heterocycles. The summed E-state index contributed by atoms with van der Waals surface area (Å²) in [6.07, 6.45) is 3.59. The minimum atomic E-state index is -0.287. The predicted molar refractivity (Wildman–Crippen MR) is 106 cm³/mol. The molecular formula is C21H22N4O2. The number of aromatic nitrogens is 2. The van der Waals surface area contributed by atoms with Crippen molar-refractivity contribution in [3.63, 3.8) is 0 Å². The highest BCUT2D eigenvalue weighted by atomic mass is 16.2. The first-order valence-corrected chi connectivity index (χ1v) is 8.66. The van der Waals surface area contributed by atoms with E-state index < -0.39 is 0 Å². The fourth-order valence-corrected chi connectivity index (χ4v) is 2.95. The van der Waals surface area contributed by atoms with Crippen LogP contribution in [0.4, 0.5) is 5.69 Å². The monoisotopic (exact) mass is 362 g/mol. The van der Waals surface area contributed by atoms with Crippen LogP contribution in [-0.2, 0) is 11.8 Å². The lowest BCUT2D eigenvalue weighted by molar-refractivity contribution is -0.115. The van der Waals surface area contributed by atoms with Gasteiger partial charge < -0.3 is 15.2 Å². The number of hydrogen-bond acceptors (Lipinski definition) is 3. The maximum atomic E-state index is 12.3. The van der Waals surface area contributed by atoms with Crippen LogP contribution in [0.1, 0.15) is 21.5 Å². The summed E-state index contributed by atoms with van der Waals surface area (Å²) in [5, 5.41) is 5.46. The first kappa shape index (κ1) is 18.4. The van der Waals surface area contributed by atoms with Crippen LogP contribution in [0.25, 0.3) is 11.4 Å². The minimum absolute atomic E-state index is 0.0988. The van der Waals surface area contributed by atoms with Gasteiger partial charge in [-0.3, -0.25) is 9.59 Å². The molecule has 3 aromatic rings. The summed E-state index contributed by atoms with van der Waals surface area (Å²) in [7, 11) is 1.91. The molecular weight excluding hydrogens is 340 g/mol. The van der Waals surface area contributed by atoms with Gasteiger partial charge in [-0.1, -0.05) is 29.3 Å². The Kier molecular flexibility index (Phi) is 5.35. The van der Waals surface area contributed by atoms with Gasteiger partial charge in [-0.25, -0.2) is 4.98 Å². The molecule has 27 heavy (non-hydrogen) atoms. The predicted octanol–water partition coefficient (Wildman–Crippen LogP) is 3.07. The number of hydrogen-bond donors (Lipinski definition) is 2. The Balaban J connectivity index is 1.61. The standard InChI is InChI=1S/C21H22N4O2/c1-14-9-15(2)11-17(10-14)21(27)23-13-19(26)24-18-6-4-5-16(12-18)20-22-7-8-25(20)3/h4-12H,13H2,1-3H3,(H,23,27)(H,24,26). The lowest BCUT2D eigenvalue weighted by Crippen LogP contribution is -2.32. The summed E-state index contributed by atoms with van der Waals surface area (Å²) in [6.45, 7) is 3.77. The van der Waals surface area contributed by atoms with E-state index in [1.54, 1.807) is 24.4 Å². The van der Waals surface area contributed by atoms with Crippen LogP contribution in [0.5, 0.6) is 0 Å². The topological polar surface area (TPSA) is 76.0 Å². The molecule has 6 heteroatoms. The van der Waals surface area contributed by atoms with E-state index in [4.69, 9.17) is 0 Å². The molecule has 6 nitrogen and oxygen atoms in total. The molecule has 2 amide bonds. The molecule has 0 radical (unpaired) electrons. The van der Waals surface area contributed by atoms with Crippen molar-refractivity contribution in [2.45, 2.75) is 13.8 Å². The number of imidazole rings is 1. The third-order valence-corrected chi connectivity index (χ3v) is 4.12. The van der Waals surface area contributed by atoms with Crippen LogP contribution in [0.15, 0.2) is 54.9 Å².